The highest BCUT2D eigenvalue weighted by Gasteiger charge is 2.24. The van der Waals surface area contributed by atoms with Gasteiger partial charge in [0.05, 0.1) is 0 Å². The molecule has 2 unspecified atom stereocenters. The SMILES string of the molecule is CCNC(=NCc1nnc(C)n1C)NC1CCC(SC)C1. The zero-order chi connectivity index (χ0) is 15.2. The largest absolute Gasteiger partial charge is 0.357 e. The summed E-state index contributed by atoms with van der Waals surface area (Å²) in [7, 11) is 1.97. The first-order valence-corrected chi connectivity index (χ1v) is 8.85. The molecule has 0 aliphatic heterocycles. The fourth-order valence-corrected chi connectivity index (χ4v) is 3.33. The van der Waals surface area contributed by atoms with Crippen LogP contribution in [0.4, 0.5) is 0 Å². The van der Waals surface area contributed by atoms with Crippen LogP contribution in [0.5, 0.6) is 0 Å². The van der Waals surface area contributed by atoms with E-state index in [1.54, 1.807) is 0 Å². The van der Waals surface area contributed by atoms with Gasteiger partial charge in [-0.05, 0) is 39.4 Å². The van der Waals surface area contributed by atoms with Crippen molar-refractivity contribution in [3.05, 3.63) is 11.6 Å². The van der Waals surface area contributed by atoms with E-state index in [4.69, 9.17) is 0 Å². The normalized spacial score (nSPS) is 22.6. The minimum Gasteiger partial charge on any atom is -0.357 e. The number of aryl methyl sites for hydroxylation is 1. The maximum Gasteiger partial charge on any atom is 0.191 e. The predicted molar refractivity (Wildman–Crippen MR) is 88.6 cm³/mol. The second-order valence-corrected chi connectivity index (χ2v) is 6.57. The molecular weight excluding hydrogens is 284 g/mol. The monoisotopic (exact) mass is 310 g/mol. The molecule has 2 atom stereocenters. The average Bonchev–Trinajstić information content (AvgIpc) is 3.05. The van der Waals surface area contributed by atoms with Crippen LogP contribution in [-0.4, -0.2) is 44.8 Å². The molecule has 0 radical (unpaired) electrons. The second kappa shape index (κ2) is 7.68. The molecule has 0 bridgehead atoms. The molecule has 1 aromatic rings. The summed E-state index contributed by atoms with van der Waals surface area (Å²) >= 11 is 1.97. The molecule has 1 heterocycles. The van der Waals surface area contributed by atoms with Gasteiger partial charge in [-0.25, -0.2) is 4.99 Å². The Morgan fingerprint density at radius 1 is 1.43 bits per heavy atom. The van der Waals surface area contributed by atoms with Crippen molar-refractivity contribution in [1.29, 1.82) is 0 Å². The Hall–Kier alpha value is -1.24. The van der Waals surface area contributed by atoms with Gasteiger partial charge in [0.25, 0.3) is 0 Å². The van der Waals surface area contributed by atoms with Crippen LogP contribution in [0, 0.1) is 6.92 Å². The smallest absolute Gasteiger partial charge is 0.191 e. The van der Waals surface area contributed by atoms with Gasteiger partial charge >= 0.3 is 0 Å². The van der Waals surface area contributed by atoms with Gasteiger partial charge in [0.2, 0.25) is 0 Å². The van der Waals surface area contributed by atoms with Crippen LogP contribution in [-0.2, 0) is 13.6 Å². The zero-order valence-corrected chi connectivity index (χ0v) is 14.2. The first-order valence-electron chi connectivity index (χ1n) is 7.56. The van der Waals surface area contributed by atoms with E-state index in [-0.39, 0.29) is 0 Å². The Labute approximate surface area is 131 Å². The molecular formula is C14H26N6S. The van der Waals surface area contributed by atoms with Gasteiger partial charge in [-0.3, -0.25) is 0 Å². The predicted octanol–water partition coefficient (Wildman–Crippen LogP) is 1.46. The van der Waals surface area contributed by atoms with Crippen molar-refractivity contribution in [3.8, 4) is 0 Å². The molecule has 2 N–H and O–H groups in total. The van der Waals surface area contributed by atoms with Crippen LogP contribution in [0.25, 0.3) is 0 Å². The van der Waals surface area contributed by atoms with Crippen LogP contribution in [0.1, 0.15) is 37.8 Å². The molecule has 1 aliphatic carbocycles. The third-order valence-electron chi connectivity index (χ3n) is 3.96. The van der Waals surface area contributed by atoms with Crippen LogP contribution >= 0.6 is 11.8 Å². The molecule has 0 saturated heterocycles. The van der Waals surface area contributed by atoms with Crippen LogP contribution < -0.4 is 10.6 Å². The maximum atomic E-state index is 4.64. The third kappa shape index (κ3) is 4.36. The van der Waals surface area contributed by atoms with Crippen molar-refractivity contribution < 1.29 is 0 Å². The fraction of sp³-hybridized carbons (Fsp3) is 0.786. The molecule has 0 spiro atoms. The number of nitrogens with zero attached hydrogens (tertiary/aromatic N) is 4. The van der Waals surface area contributed by atoms with Crippen LogP contribution in [0.15, 0.2) is 4.99 Å². The highest BCUT2D eigenvalue weighted by Crippen LogP contribution is 2.27. The number of aromatic nitrogens is 3. The summed E-state index contributed by atoms with van der Waals surface area (Å²) in [6, 6.07) is 0.529. The summed E-state index contributed by atoms with van der Waals surface area (Å²) in [6.45, 7) is 5.45. The number of hydrogen-bond donors (Lipinski definition) is 2. The van der Waals surface area contributed by atoms with E-state index in [1.165, 1.54) is 19.3 Å². The first kappa shape index (κ1) is 16.1. The lowest BCUT2D eigenvalue weighted by molar-refractivity contribution is 0.613. The molecule has 0 amide bonds. The fourth-order valence-electron chi connectivity index (χ4n) is 2.54. The molecule has 21 heavy (non-hydrogen) atoms. The Balaban J connectivity index is 1.94. The Morgan fingerprint density at radius 3 is 2.81 bits per heavy atom. The van der Waals surface area contributed by atoms with E-state index in [0.717, 1.165) is 29.4 Å². The minimum atomic E-state index is 0.529. The lowest BCUT2D eigenvalue weighted by Crippen LogP contribution is -2.42. The average molecular weight is 310 g/mol. The summed E-state index contributed by atoms with van der Waals surface area (Å²) in [6.07, 6.45) is 5.93. The van der Waals surface area contributed by atoms with E-state index in [0.29, 0.717) is 12.6 Å². The van der Waals surface area contributed by atoms with E-state index >= 15 is 0 Å². The molecule has 1 aliphatic rings. The summed E-state index contributed by atoms with van der Waals surface area (Å²) < 4.78 is 1.98. The minimum absolute atomic E-state index is 0.529. The van der Waals surface area contributed by atoms with Gasteiger partial charge in [0, 0.05) is 24.9 Å². The third-order valence-corrected chi connectivity index (χ3v) is 5.06. The number of aliphatic imine (C=N–C) groups is 1. The molecule has 118 valence electrons. The van der Waals surface area contributed by atoms with Crippen molar-refractivity contribution in [2.45, 2.75) is 50.9 Å². The molecule has 2 rings (SSSR count). The van der Waals surface area contributed by atoms with Crippen LogP contribution in [0.2, 0.25) is 0 Å². The molecule has 0 aromatic carbocycles. The Morgan fingerprint density at radius 2 is 2.24 bits per heavy atom. The number of hydrogen-bond acceptors (Lipinski definition) is 4. The first-order chi connectivity index (χ1) is 10.1. The number of thioether (sulfide) groups is 1. The lowest BCUT2D eigenvalue weighted by atomic mass is 10.2. The van der Waals surface area contributed by atoms with Crippen molar-refractivity contribution in [3.63, 3.8) is 0 Å². The highest BCUT2D eigenvalue weighted by molar-refractivity contribution is 7.99. The van der Waals surface area contributed by atoms with Crippen molar-refractivity contribution in [2.75, 3.05) is 12.8 Å². The Bertz CT molecular complexity index is 484. The molecule has 6 nitrogen and oxygen atoms in total. The lowest BCUT2D eigenvalue weighted by Gasteiger charge is -2.17. The molecule has 1 fully saturated rings. The summed E-state index contributed by atoms with van der Waals surface area (Å²) in [4.78, 5) is 4.64. The number of guanidine groups is 1. The Kier molecular flexibility index (Phi) is 5.90. The van der Waals surface area contributed by atoms with Crippen molar-refractivity contribution >= 4 is 17.7 Å². The second-order valence-electron chi connectivity index (χ2n) is 5.43. The number of rotatable bonds is 5. The summed E-state index contributed by atoms with van der Waals surface area (Å²) in [5, 5.41) is 15.9. The summed E-state index contributed by atoms with van der Waals surface area (Å²) in [5.41, 5.74) is 0. The van der Waals surface area contributed by atoms with Crippen LogP contribution in [0.3, 0.4) is 0 Å². The van der Waals surface area contributed by atoms with Gasteiger partial charge in [-0.2, -0.15) is 11.8 Å². The van der Waals surface area contributed by atoms with Crippen molar-refractivity contribution in [2.24, 2.45) is 12.0 Å². The zero-order valence-electron chi connectivity index (χ0n) is 13.4. The quantitative estimate of drug-likeness (QED) is 0.637. The molecule has 1 aromatic heterocycles. The standard InChI is InChI=1S/C14H26N6S/c1-5-15-14(17-11-6-7-12(8-11)21-4)16-9-13-19-18-10(2)20(13)3/h11-12H,5-9H2,1-4H3,(H2,15,16,17). The molecule has 1 saturated carbocycles. The van der Waals surface area contributed by atoms with E-state index < -0.39 is 0 Å². The van der Waals surface area contributed by atoms with Gasteiger partial charge in [0.1, 0.15) is 12.4 Å². The highest BCUT2D eigenvalue weighted by atomic mass is 32.2. The van der Waals surface area contributed by atoms with E-state index in [1.807, 2.05) is 30.3 Å². The van der Waals surface area contributed by atoms with E-state index in [2.05, 4.69) is 39.0 Å². The topological polar surface area (TPSA) is 67.1 Å². The maximum absolute atomic E-state index is 4.64. The van der Waals surface area contributed by atoms with Crippen molar-refractivity contribution in [1.82, 2.24) is 25.4 Å². The summed E-state index contributed by atoms with van der Waals surface area (Å²) in [5.74, 6) is 2.68. The van der Waals surface area contributed by atoms with Gasteiger partial charge in [-0.1, -0.05) is 0 Å². The molecule has 7 heteroatoms. The number of nitrogens with one attached hydrogen (secondary N) is 2. The van der Waals surface area contributed by atoms with E-state index in [9.17, 15) is 0 Å². The van der Waals surface area contributed by atoms with Gasteiger partial charge in [-0.15, -0.1) is 10.2 Å². The van der Waals surface area contributed by atoms with Gasteiger partial charge < -0.3 is 15.2 Å². The van der Waals surface area contributed by atoms with Gasteiger partial charge in [0.15, 0.2) is 11.8 Å².